The molecule has 0 aliphatic heterocycles. The minimum Gasteiger partial charge on any atom is -0.488 e. The van der Waals surface area contributed by atoms with Crippen LogP contribution in [0, 0.1) is 0 Å². The summed E-state index contributed by atoms with van der Waals surface area (Å²) < 4.78 is 45.1. The lowest BCUT2D eigenvalue weighted by atomic mass is 10.0. The number of carbonyl (C=O) groups excluding carboxylic acids is 2. The molecule has 3 aromatic rings. The molecule has 0 aliphatic rings. The second-order valence-electron chi connectivity index (χ2n) is 7.16. The minimum absolute atomic E-state index is 0.0486. The molecule has 0 saturated carbocycles. The van der Waals surface area contributed by atoms with E-state index in [2.05, 4.69) is 5.32 Å². The fourth-order valence-corrected chi connectivity index (χ4v) is 3.21. The van der Waals surface area contributed by atoms with Gasteiger partial charge in [-0.1, -0.05) is 42.5 Å². The van der Waals surface area contributed by atoms with Crippen LogP contribution in [-0.4, -0.2) is 23.5 Å². The number of ether oxygens (including phenoxy) is 1. The Hall–Kier alpha value is -3.85. The molecule has 0 bridgehead atoms. The highest BCUT2D eigenvalue weighted by molar-refractivity contribution is 5.95. The third kappa shape index (κ3) is 6.11. The molecule has 0 heterocycles. The maximum absolute atomic E-state index is 13.1. The minimum atomic E-state index is -4.62. The second kappa shape index (κ2) is 10.2. The number of hydrogen-bond acceptors (Lipinski definition) is 4. The number of rotatable bonds is 8. The van der Waals surface area contributed by atoms with Crippen molar-refractivity contribution in [3.05, 3.63) is 101 Å². The van der Waals surface area contributed by atoms with Gasteiger partial charge >= 0.3 is 6.18 Å². The maximum atomic E-state index is 13.1. The first-order chi connectivity index (χ1) is 15.7. The molecule has 4 N–H and O–H groups in total. The standard InChI is InChI=1S/C24H21F3N2O4/c25-24(26,27)19-10-3-1-8-17(19)20(30)13-29-23(32)16-7-5-6-15(12-16)14-33-21-11-4-2-9-18(21)22(28)31/h1-12,20,30H,13-14H2,(H2,28,31)(H,29,32). The largest absolute Gasteiger partial charge is 0.488 e. The van der Waals surface area contributed by atoms with Gasteiger partial charge < -0.3 is 20.9 Å². The first-order valence-electron chi connectivity index (χ1n) is 9.89. The first-order valence-corrected chi connectivity index (χ1v) is 9.89. The molecule has 1 atom stereocenters. The average molecular weight is 458 g/mol. The van der Waals surface area contributed by atoms with E-state index in [1.807, 2.05) is 0 Å². The van der Waals surface area contributed by atoms with Gasteiger partial charge in [-0.15, -0.1) is 0 Å². The summed E-state index contributed by atoms with van der Waals surface area (Å²) in [4.78, 5) is 24.0. The number of halogens is 3. The number of carbonyl (C=O) groups is 2. The van der Waals surface area contributed by atoms with Crippen molar-refractivity contribution in [1.29, 1.82) is 0 Å². The Kier molecular flexibility index (Phi) is 7.34. The van der Waals surface area contributed by atoms with E-state index in [4.69, 9.17) is 10.5 Å². The summed E-state index contributed by atoms with van der Waals surface area (Å²) in [6.45, 7) is -0.356. The van der Waals surface area contributed by atoms with Crippen LogP contribution in [0.15, 0.2) is 72.8 Å². The highest BCUT2D eigenvalue weighted by Gasteiger charge is 2.34. The number of nitrogens with one attached hydrogen (secondary N) is 1. The van der Waals surface area contributed by atoms with E-state index in [1.54, 1.807) is 30.3 Å². The van der Waals surface area contributed by atoms with Crippen LogP contribution in [0.3, 0.4) is 0 Å². The average Bonchev–Trinajstić information content (AvgIpc) is 2.80. The summed E-state index contributed by atoms with van der Waals surface area (Å²) in [7, 11) is 0. The molecular formula is C24H21F3N2O4. The lowest BCUT2D eigenvalue weighted by molar-refractivity contribution is -0.139. The van der Waals surface area contributed by atoms with E-state index in [-0.39, 0.29) is 23.3 Å². The van der Waals surface area contributed by atoms with E-state index in [0.717, 1.165) is 6.07 Å². The zero-order valence-electron chi connectivity index (χ0n) is 17.3. The van der Waals surface area contributed by atoms with Crippen molar-refractivity contribution in [3.63, 3.8) is 0 Å². The number of aliphatic hydroxyl groups is 1. The summed E-state index contributed by atoms with van der Waals surface area (Å²) in [5, 5.41) is 12.7. The van der Waals surface area contributed by atoms with Crippen molar-refractivity contribution in [2.45, 2.75) is 18.9 Å². The molecule has 6 nitrogen and oxygen atoms in total. The molecule has 1 unspecified atom stereocenters. The van der Waals surface area contributed by atoms with E-state index >= 15 is 0 Å². The second-order valence-corrected chi connectivity index (χ2v) is 7.16. The number of amides is 2. The Morgan fingerprint density at radius 3 is 2.42 bits per heavy atom. The van der Waals surface area contributed by atoms with Gasteiger partial charge in [-0.2, -0.15) is 13.2 Å². The molecule has 33 heavy (non-hydrogen) atoms. The fourth-order valence-electron chi connectivity index (χ4n) is 3.21. The van der Waals surface area contributed by atoms with Gasteiger partial charge in [0.15, 0.2) is 0 Å². The highest BCUT2D eigenvalue weighted by Crippen LogP contribution is 2.34. The van der Waals surface area contributed by atoms with Gasteiger partial charge in [-0.05, 0) is 41.5 Å². The molecule has 3 rings (SSSR count). The molecule has 9 heteroatoms. The SMILES string of the molecule is NC(=O)c1ccccc1OCc1cccc(C(=O)NCC(O)c2ccccc2C(F)(F)F)c1. The number of alkyl halides is 3. The third-order valence-electron chi connectivity index (χ3n) is 4.82. The Morgan fingerprint density at radius 1 is 1.00 bits per heavy atom. The Balaban J connectivity index is 1.64. The number of benzene rings is 3. The molecule has 0 spiro atoms. The monoisotopic (exact) mass is 458 g/mol. The van der Waals surface area contributed by atoms with E-state index in [9.17, 15) is 27.9 Å². The van der Waals surface area contributed by atoms with Crippen molar-refractivity contribution >= 4 is 11.8 Å². The van der Waals surface area contributed by atoms with Crippen LogP contribution >= 0.6 is 0 Å². The van der Waals surface area contributed by atoms with Gasteiger partial charge in [0.2, 0.25) is 0 Å². The lowest BCUT2D eigenvalue weighted by Gasteiger charge is -2.18. The van der Waals surface area contributed by atoms with Gasteiger partial charge in [0.25, 0.3) is 11.8 Å². The normalized spacial score (nSPS) is 12.1. The molecule has 0 aromatic heterocycles. The van der Waals surface area contributed by atoms with Crippen LogP contribution < -0.4 is 15.8 Å². The molecule has 0 radical (unpaired) electrons. The van der Waals surface area contributed by atoms with Crippen molar-refractivity contribution < 1.29 is 32.6 Å². The number of aliphatic hydroxyl groups excluding tert-OH is 1. The van der Waals surface area contributed by atoms with E-state index in [1.165, 1.54) is 36.4 Å². The smallest absolute Gasteiger partial charge is 0.416 e. The van der Waals surface area contributed by atoms with Crippen LogP contribution in [0.25, 0.3) is 0 Å². The summed E-state index contributed by atoms with van der Waals surface area (Å²) in [6.07, 6.45) is -6.16. The molecule has 2 amide bonds. The molecule has 3 aromatic carbocycles. The van der Waals surface area contributed by atoms with Gasteiger partial charge in [0, 0.05) is 12.1 Å². The summed E-state index contributed by atoms with van der Waals surface area (Å²) in [6, 6.07) is 17.5. The van der Waals surface area contributed by atoms with Gasteiger partial charge in [0.05, 0.1) is 17.2 Å². The zero-order chi connectivity index (χ0) is 24.0. The molecule has 0 saturated heterocycles. The van der Waals surface area contributed by atoms with Gasteiger partial charge in [0.1, 0.15) is 12.4 Å². The van der Waals surface area contributed by atoms with Crippen LogP contribution in [0.1, 0.15) is 43.5 Å². The van der Waals surface area contributed by atoms with Crippen molar-refractivity contribution in [3.8, 4) is 5.75 Å². The maximum Gasteiger partial charge on any atom is 0.416 e. The van der Waals surface area contributed by atoms with Crippen LogP contribution in [0.2, 0.25) is 0 Å². The summed E-state index contributed by atoms with van der Waals surface area (Å²) in [5.74, 6) is -0.909. The van der Waals surface area contributed by atoms with Gasteiger partial charge in [-0.25, -0.2) is 0 Å². The summed E-state index contributed by atoms with van der Waals surface area (Å²) >= 11 is 0. The molecule has 0 aliphatic carbocycles. The predicted octanol–water partition coefficient (Wildman–Crippen LogP) is 3.85. The number of primary amides is 1. The van der Waals surface area contributed by atoms with E-state index < -0.39 is 36.2 Å². The van der Waals surface area contributed by atoms with Crippen LogP contribution in [-0.2, 0) is 12.8 Å². The van der Waals surface area contributed by atoms with Crippen molar-refractivity contribution in [2.75, 3.05) is 6.54 Å². The topological polar surface area (TPSA) is 102 Å². The third-order valence-corrected chi connectivity index (χ3v) is 4.82. The zero-order valence-corrected chi connectivity index (χ0v) is 17.3. The van der Waals surface area contributed by atoms with E-state index in [0.29, 0.717) is 11.3 Å². The molecular weight excluding hydrogens is 437 g/mol. The highest BCUT2D eigenvalue weighted by atomic mass is 19.4. The Bertz CT molecular complexity index is 1150. The molecule has 0 fully saturated rings. The number of para-hydroxylation sites is 1. The number of hydrogen-bond donors (Lipinski definition) is 3. The van der Waals surface area contributed by atoms with Gasteiger partial charge in [-0.3, -0.25) is 9.59 Å². The van der Waals surface area contributed by atoms with Crippen LogP contribution in [0.5, 0.6) is 5.75 Å². The summed E-state index contributed by atoms with van der Waals surface area (Å²) in [5.41, 5.74) is 5.12. The van der Waals surface area contributed by atoms with Crippen molar-refractivity contribution in [1.82, 2.24) is 5.32 Å². The number of nitrogens with two attached hydrogens (primary N) is 1. The lowest BCUT2D eigenvalue weighted by Crippen LogP contribution is -2.29. The quantitative estimate of drug-likeness (QED) is 0.477. The first kappa shape index (κ1) is 23.8. The molecule has 172 valence electrons. The van der Waals surface area contributed by atoms with Crippen LogP contribution in [0.4, 0.5) is 13.2 Å². The Labute approximate surface area is 187 Å². The Morgan fingerprint density at radius 2 is 1.70 bits per heavy atom. The van der Waals surface area contributed by atoms with Crippen molar-refractivity contribution in [2.24, 2.45) is 5.73 Å². The predicted molar refractivity (Wildman–Crippen MR) is 114 cm³/mol. The fraction of sp³-hybridized carbons (Fsp3) is 0.167.